The molecule has 3 fully saturated rings. The normalized spacial score (nSPS) is 19.4. The lowest BCUT2D eigenvalue weighted by atomic mass is 9.94. The number of nitrogens with one attached hydrogen (secondary N) is 1. The third-order valence-corrected chi connectivity index (χ3v) is 10.2. The molecule has 268 valence electrons. The van der Waals surface area contributed by atoms with Crippen LogP contribution in [0.1, 0.15) is 64.0 Å². The van der Waals surface area contributed by atoms with Gasteiger partial charge in [0.2, 0.25) is 0 Å². The predicted octanol–water partition coefficient (Wildman–Crippen LogP) is 7.54. The number of halogens is 3. The van der Waals surface area contributed by atoms with E-state index in [9.17, 15) is 14.0 Å². The zero-order chi connectivity index (χ0) is 35.9. The van der Waals surface area contributed by atoms with Crippen LogP contribution in [0.4, 0.5) is 4.39 Å². The molecular formula is C39H40Cl2FN3O6. The Hall–Kier alpha value is -4.22. The number of aromatic nitrogens is 1. The molecule has 1 unspecified atom stereocenters. The lowest BCUT2D eigenvalue weighted by Crippen LogP contribution is -2.37. The molecule has 0 saturated carbocycles. The molecule has 3 aliphatic rings. The molecule has 1 aromatic heterocycles. The fourth-order valence-electron chi connectivity index (χ4n) is 6.77. The number of piperidine rings is 1. The second-order valence-corrected chi connectivity index (χ2v) is 13.7. The van der Waals surface area contributed by atoms with Crippen LogP contribution in [0.15, 0.2) is 79.1 Å². The molecule has 0 radical (unpaired) electrons. The second kappa shape index (κ2) is 16.9. The van der Waals surface area contributed by atoms with Gasteiger partial charge in [0.05, 0.1) is 29.8 Å². The maximum absolute atomic E-state index is 13.9. The number of esters is 2. The average molecular weight is 737 g/mol. The van der Waals surface area contributed by atoms with Gasteiger partial charge in [0.15, 0.2) is 11.5 Å². The molecule has 9 nitrogen and oxygen atoms in total. The Bertz CT molecular complexity index is 1800. The van der Waals surface area contributed by atoms with Crippen LogP contribution >= 0.6 is 23.2 Å². The highest BCUT2D eigenvalue weighted by molar-refractivity contribution is 6.35. The summed E-state index contributed by atoms with van der Waals surface area (Å²) in [4.78, 5) is 33.8. The number of carbonyl (C=O) groups is 2. The highest BCUT2D eigenvalue weighted by Gasteiger charge is 2.33. The number of rotatable bonds is 13. The zero-order valence-electron chi connectivity index (χ0n) is 28.4. The van der Waals surface area contributed by atoms with Gasteiger partial charge in [-0.3, -0.25) is 15.2 Å². The minimum Gasteiger partial charge on any atom is -0.493 e. The zero-order valence-corrected chi connectivity index (χ0v) is 30.0. The summed E-state index contributed by atoms with van der Waals surface area (Å²) in [7, 11) is 3.07. The monoisotopic (exact) mass is 735 g/mol. The highest BCUT2D eigenvalue weighted by Crippen LogP contribution is 2.36. The average Bonchev–Trinajstić information content (AvgIpc) is 3.46. The minimum absolute atomic E-state index is 0.170. The maximum atomic E-state index is 13.9. The Balaban J connectivity index is 1.19. The maximum Gasteiger partial charge on any atom is 0.338 e. The van der Waals surface area contributed by atoms with Crippen LogP contribution in [-0.4, -0.2) is 61.8 Å². The predicted molar refractivity (Wildman–Crippen MR) is 192 cm³/mol. The minimum atomic E-state index is -0.846. The highest BCUT2D eigenvalue weighted by atomic mass is 35.5. The van der Waals surface area contributed by atoms with Gasteiger partial charge >= 0.3 is 11.9 Å². The third kappa shape index (κ3) is 9.18. The standard InChI is InChI=1S/C39H40Cl2FN3O6/c1-48-34-11-8-27(18-36(34)49-2)35(19-31-32(40)21-43-22-33(31)41)51-38(46)28-5-3-4-25(16-28)20-44-37(26-6-9-29(42)10-7-26)39(47)50-30-17-24-12-14-45(23-30)15-13-24/h3-11,16,18,21-22,24,30,35,37,44H,12-15,17,19-20,23H2,1-2H3/t30-,35+,37?/m1/s1. The number of nitrogens with zero attached hydrogens (tertiary/aromatic N) is 2. The van der Waals surface area contributed by atoms with Gasteiger partial charge in [-0.15, -0.1) is 0 Å². The Morgan fingerprint density at radius 3 is 2.35 bits per heavy atom. The Kier molecular flexibility index (Phi) is 12.1. The van der Waals surface area contributed by atoms with Crippen molar-refractivity contribution in [3.63, 3.8) is 0 Å². The van der Waals surface area contributed by atoms with E-state index in [4.69, 9.17) is 42.1 Å². The van der Waals surface area contributed by atoms with E-state index in [1.807, 2.05) is 6.07 Å². The molecule has 3 aromatic carbocycles. The van der Waals surface area contributed by atoms with E-state index < -0.39 is 29.9 Å². The molecule has 3 aliphatic heterocycles. The second-order valence-electron chi connectivity index (χ2n) is 12.9. The molecule has 51 heavy (non-hydrogen) atoms. The van der Waals surface area contributed by atoms with Gasteiger partial charge in [-0.05, 0) is 96.9 Å². The SMILES string of the molecule is COc1ccc([C@H](Cc2c(Cl)cncc2Cl)OC(=O)c2cccc(CNC(C(=O)O[C@@H]3CC4CCN(CC4)C3)c3ccc(F)cc3)c2)cc1OC. The van der Waals surface area contributed by atoms with Gasteiger partial charge < -0.3 is 18.9 Å². The number of methoxy groups -OCH3 is 2. The molecule has 4 heterocycles. The van der Waals surface area contributed by atoms with Crippen molar-refractivity contribution in [2.24, 2.45) is 5.92 Å². The van der Waals surface area contributed by atoms with Crippen molar-refractivity contribution in [2.45, 2.75) is 50.5 Å². The van der Waals surface area contributed by atoms with E-state index in [-0.39, 0.29) is 19.1 Å². The number of hydrogen-bond acceptors (Lipinski definition) is 9. The fourth-order valence-corrected chi connectivity index (χ4v) is 7.29. The first-order valence-corrected chi connectivity index (χ1v) is 17.7. The van der Waals surface area contributed by atoms with E-state index in [1.54, 1.807) is 48.5 Å². The quantitative estimate of drug-likeness (QED) is 0.140. The summed E-state index contributed by atoms with van der Waals surface area (Å²) in [5.41, 5.74) is 2.83. The third-order valence-electron chi connectivity index (χ3n) is 9.53. The first-order chi connectivity index (χ1) is 24.7. The number of fused-ring (bicyclic) bond motifs is 4. The summed E-state index contributed by atoms with van der Waals surface area (Å²) < 4.78 is 37.0. The van der Waals surface area contributed by atoms with Gasteiger partial charge in [0.25, 0.3) is 0 Å². The molecule has 7 rings (SSSR count). The van der Waals surface area contributed by atoms with Gasteiger partial charge in [0, 0.05) is 31.9 Å². The van der Waals surface area contributed by atoms with Crippen molar-refractivity contribution in [3.8, 4) is 11.5 Å². The lowest BCUT2D eigenvalue weighted by Gasteiger charge is -2.26. The van der Waals surface area contributed by atoms with Gasteiger partial charge in [-0.25, -0.2) is 14.0 Å². The van der Waals surface area contributed by atoms with Crippen molar-refractivity contribution in [1.29, 1.82) is 0 Å². The smallest absolute Gasteiger partial charge is 0.338 e. The lowest BCUT2D eigenvalue weighted by molar-refractivity contribution is -0.152. The molecule has 0 aliphatic carbocycles. The van der Waals surface area contributed by atoms with E-state index in [0.29, 0.717) is 56.3 Å². The van der Waals surface area contributed by atoms with E-state index in [0.717, 1.165) is 37.9 Å². The summed E-state index contributed by atoms with van der Waals surface area (Å²) in [6.07, 6.45) is 5.21. The number of pyridine rings is 1. The molecule has 0 spiro atoms. The molecule has 4 aromatic rings. The van der Waals surface area contributed by atoms with Crippen LogP contribution < -0.4 is 14.8 Å². The van der Waals surface area contributed by atoms with Gasteiger partial charge in [-0.1, -0.05) is 53.5 Å². The van der Waals surface area contributed by atoms with Gasteiger partial charge in [0.1, 0.15) is 24.1 Å². The molecular weight excluding hydrogens is 696 g/mol. The number of ether oxygens (including phenoxy) is 4. The number of hydrogen-bond donors (Lipinski definition) is 1. The fraction of sp³-hybridized carbons (Fsp3) is 0.359. The molecule has 2 bridgehead atoms. The van der Waals surface area contributed by atoms with Crippen molar-refractivity contribution in [1.82, 2.24) is 15.2 Å². The summed E-state index contributed by atoms with van der Waals surface area (Å²) in [6, 6.07) is 17.2. The molecule has 1 N–H and O–H groups in total. The van der Waals surface area contributed by atoms with Crippen molar-refractivity contribution in [2.75, 3.05) is 33.9 Å². The molecule has 3 atom stereocenters. The van der Waals surface area contributed by atoms with Crippen molar-refractivity contribution >= 4 is 35.1 Å². The van der Waals surface area contributed by atoms with Crippen LogP contribution in [0.5, 0.6) is 11.5 Å². The van der Waals surface area contributed by atoms with Crippen molar-refractivity contribution < 1.29 is 32.9 Å². The first-order valence-electron chi connectivity index (χ1n) is 16.9. The Labute approximate surface area is 307 Å². The topological polar surface area (TPSA) is 99.2 Å². The van der Waals surface area contributed by atoms with E-state index in [1.165, 1.54) is 38.7 Å². The number of carbonyl (C=O) groups excluding carboxylic acids is 2. The van der Waals surface area contributed by atoms with Crippen LogP contribution in [-0.2, 0) is 27.2 Å². The number of benzene rings is 3. The summed E-state index contributed by atoms with van der Waals surface area (Å²) >= 11 is 12.9. The van der Waals surface area contributed by atoms with Crippen LogP contribution in [0, 0.1) is 11.7 Å². The summed E-state index contributed by atoms with van der Waals surface area (Å²) in [5, 5.41) is 3.98. The van der Waals surface area contributed by atoms with Crippen LogP contribution in [0.25, 0.3) is 0 Å². The molecule has 3 saturated heterocycles. The molecule has 0 amide bonds. The largest absolute Gasteiger partial charge is 0.493 e. The summed E-state index contributed by atoms with van der Waals surface area (Å²) in [6.45, 7) is 2.99. The Morgan fingerprint density at radius 1 is 0.941 bits per heavy atom. The first kappa shape index (κ1) is 36.6. The van der Waals surface area contributed by atoms with Gasteiger partial charge in [-0.2, -0.15) is 0 Å². The van der Waals surface area contributed by atoms with Crippen LogP contribution in [0.2, 0.25) is 10.0 Å². The van der Waals surface area contributed by atoms with Crippen molar-refractivity contribution in [3.05, 3.63) is 123 Å². The summed E-state index contributed by atoms with van der Waals surface area (Å²) in [5.74, 6) is 0.139. The Morgan fingerprint density at radius 2 is 1.65 bits per heavy atom. The molecule has 12 heteroatoms. The van der Waals surface area contributed by atoms with Crippen LogP contribution in [0.3, 0.4) is 0 Å². The van der Waals surface area contributed by atoms with E-state index in [2.05, 4.69) is 15.2 Å². The van der Waals surface area contributed by atoms with E-state index >= 15 is 0 Å².